The molecule has 2 aromatic rings. The second kappa shape index (κ2) is 12.3. The molecule has 0 bridgehead atoms. The van der Waals surface area contributed by atoms with Crippen LogP contribution in [0.4, 0.5) is 5.69 Å². The highest BCUT2D eigenvalue weighted by molar-refractivity contribution is 7.92. The maximum absolute atomic E-state index is 13.6. The van der Waals surface area contributed by atoms with E-state index < -0.39 is 28.5 Å². The van der Waals surface area contributed by atoms with Crippen LogP contribution in [0.25, 0.3) is 0 Å². The predicted molar refractivity (Wildman–Crippen MR) is 139 cm³/mol. The van der Waals surface area contributed by atoms with E-state index >= 15 is 0 Å². The Labute approximate surface area is 213 Å². The molecule has 10 heteroatoms. The molecule has 2 rings (SSSR count). The molecule has 2 aromatic carbocycles. The van der Waals surface area contributed by atoms with Crippen molar-refractivity contribution in [2.24, 2.45) is 5.92 Å². The van der Waals surface area contributed by atoms with Crippen LogP contribution in [0.3, 0.4) is 0 Å². The van der Waals surface area contributed by atoms with Gasteiger partial charge in [0.25, 0.3) is 0 Å². The smallest absolute Gasteiger partial charge is 0.244 e. The van der Waals surface area contributed by atoms with E-state index in [1.807, 2.05) is 45.0 Å². The van der Waals surface area contributed by atoms with Crippen LogP contribution in [0.5, 0.6) is 5.75 Å². The number of sulfonamides is 1. The summed E-state index contributed by atoms with van der Waals surface area (Å²) in [6, 6.07) is 11.3. The topological polar surface area (TPSA) is 96.0 Å². The van der Waals surface area contributed by atoms with E-state index in [2.05, 4.69) is 5.32 Å². The molecule has 0 aliphatic heterocycles. The number of halogens is 1. The first-order valence-electron chi connectivity index (χ1n) is 11.3. The quantitative estimate of drug-likeness (QED) is 0.485. The van der Waals surface area contributed by atoms with Crippen molar-refractivity contribution in [1.29, 1.82) is 0 Å². The molecule has 0 heterocycles. The highest BCUT2D eigenvalue weighted by atomic mass is 35.5. The second-order valence-electron chi connectivity index (χ2n) is 8.91. The van der Waals surface area contributed by atoms with E-state index in [-0.39, 0.29) is 29.8 Å². The standard InChI is InChI=1S/C25H34ClN3O5S/c1-17(2)14-27-25(31)19(4)28(15-20-9-7-8-18(3)12-20)24(30)16-29(35(6,32)33)22-13-21(26)10-11-23(22)34-5/h7-13,17,19H,14-16H2,1-6H3,(H,27,31). The summed E-state index contributed by atoms with van der Waals surface area (Å²) in [5.74, 6) is -0.360. The SMILES string of the molecule is COc1ccc(Cl)cc1N(CC(=O)N(Cc1cccc(C)c1)C(C)C(=O)NCC(C)C)S(C)(=O)=O. The molecule has 0 radical (unpaired) electrons. The summed E-state index contributed by atoms with van der Waals surface area (Å²) < 4.78 is 31.7. The molecule has 0 aliphatic rings. The summed E-state index contributed by atoms with van der Waals surface area (Å²) >= 11 is 6.12. The molecule has 0 spiro atoms. The van der Waals surface area contributed by atoms with Crippen molar-refractivity contribution >= 4 is 39.1 Å². The number of carbonyl (C=O) groups excluding carboxylic acids is 2. The van der Waals surface area contributed by atoms with Crippen molar-refractivity contribution in [3.05, 3.63) is 58.6 Å². The Kier molecular flexibility index (Phi) is 9.97. The van der Waals surface area contributed by atoms with Gasteiger partial charge < -0.3 is 15.0 Å². The van der Waals surface area contributed by atoms with Gasteiger partial charge in [-0.15, -0.1) is 0 Å². The van der Waals surface area contributed by atoms with Crippen LogP contribution in [0.15, 0.2) is 42.5 Å². The first kappa shape index (κ1) is 28.5. The zero-order valence-corrected chi connectivity index (χ0v) is 22.6. The van der Waals surface area contributed by atoms with E-state index in [1.54, 1.807) is 13.0 Å². The number of nitrogens with one attached hydrogen (secondary N) is 1. The zero-order valence-electron chi connectivity index (χ0n) is 21.0. The van der Waals surface area contributed by atoms with E-state index in [0.717, 1.165) is 21.7 Å². The van der Waals surface area contributed by atoms with Gasteiger partial charge in [-0.05, 0) is 43.5 Å². The van der Waals surface area contributed by atoms with Crippen LogP contribution in [0.2, 0.25) is 5.02 Å². The third kappa shape index (κ3) is 8.14. The number of ether oxygens (including phenoxy) is 1. The molecule has 0 aliphatic carbocycles. The molecule has 0 aromatic heterocycles. The number of methoxy groups -OCH3 is 1. The fourth-order valence-electron chi connectivity index (χ4n) is 3.50. The van der Waals surface area contributed by atoms with Gasteiger partial charge in [-0.2, -0.15) is 0 Å². The van der Waals surface area contributed by atoms with Gasteiger partial charge in [0.2, 0.25) is 21.8 Å². The molecular formula is C25H34ClN3O5S. The number of benzene rings is 2. The van der Waals surface area contributed by atoms with Gasteiger partial charge in [0.1, 0.15) is 18.3 Å². The van der Waals surface area contributed by atoms with Gasteiger partial charge in [0.05, 0.1) is 19.1 Å². The van der Waals surface area contributed by atoms with E-state index in [0.29, 0.717) is 11.6 Å². The first-order chi connectivity index (χ1) is 16.3. The van der Waals surface area contributed by atoms with Crippen LogP contribution < -0.4 is 14.4 Å². The van der Waals surface area contributed by atoms with Gasteiger partial charge >= 0.3 is 0 Å². The maximum atomic E-state index is 13.6. The van der Waals surface area contributed by atoms with E-state index in [1.165, 1.54) is 24.1 Å². The van der Waals surface area contributed by atoms with Gasteiger partial charge in [-0.1, -0.05) is 55.3 Å². The molecule has 35 heavy (non-hydrogen) atoms. The molecule has 1 unspecified atom stereocenters. The lowest BCUT2D eigenvalue weighted by Crippen LogP contribution is -2.51. The Morgan fingerprint density at radius 3 is 2.37 bits per heavy atom. The third-order valence-corrected chi connectivity index (χ3v) is 6.74. The number of carbonyl (C=O) groups is 2. The second-order valence-corrected chi connectivity index (χ2v) is 11.3. The average molecular weight is 524 g/mol. The Bertz CT molecular complexity index is 1150. The Balaban J connectivity index is 2.44. The molecule has 8 nitrogen and oxygen atoms in total. The number of nitrogens with zero attached hydrogens (tertiary/aromatic N) is 2. The van der Waals surface area contributed by atoms with Crippen molar-refractivity contribution in [1.82, 2.24) is 10.2 Å². The fourth-order valence-corrected chi connectivity index (χ4v) is 4.51. The summed E-state index contributed by atoms with van der Waals surface area (Å²) in [6.07, 6.45) is 1.00. The third-order valence-electron chi connectivity index (χ3n) is 5.38. The lowest BCUT2D eigenvalue weighted by atomic mass is 10.1. The Morgan fingerprint density at radius 1 is 1.11 bits per heavy atom. The Hall–Kier alpha value is -2.78. The minimum absolute atomic E-state index is 0.140. The van der Waals surface area contributed by atoms with Crippen LogP contribution in [-0.4, -0.2) is 57.6 Å². The number of anilines is 1. The van der Waals surface area contributed by atoms with Gasteiger partial charge in [0, 0.05) is 18.1 Å². The normalized spacial score (nSPS) is 12.2. The van der Waals surface area contributed by atoms with Crippen molar-refractivity contribution < 1.29 is 22.7 Å². The van der Waals surface area contributed by atoms with E-state index in [4.69, 9.17) is 16.3 Å². The predicted octanol–water partition coefficient (Wildman–Crippen LogP) is 3.61. The molecule has 0 fully saturated rings. The molecule has 192 valence electrons. The van der Waals surface area contributed by atoms with E-state index in [9.17, 15) is 18.0 Å². The minimum Gasteiger partial charge on any atom is -0.495 e. The highest BCUT2D eigenvalue weighted by Gasteiger charge is 2.31. The molecule has 2 amide bonds. The number of amides is 2. The van der Waals surface area contributed by atoms with Crippen LogP contribution >= 0.6 is 11.6 Å². The lowest BCUT2D eigenvalue weighted by molar-refractivity contribution is -0.139. The molecular weight excluding hydrogens is 490 g/mol. The van der Waals surface area contributed by atoms with Crippen molar-refractivity contribution in [3.63, 3.8) is 0 Å². The zero-order chi connectivity index (χ0) is 26.3. The molecule has 0 saturated heterocycles. The van der Waals surface area contributed by atoms with Crippen molar-refractivity contribution in [2.75, 3.05) is 30.8 Å². The van der Waals surface area contributed by atoms with Crippen molar-refractivity contribution in [2.45, 2.75) is 40.3 Å². The number of hydrogen-bond donors (Lipinski definition) is 1. The van der Waals surface area contributed by atoms with Gasteiger partial charge in [-0.25, -0.2) is 8.42 Å². The van der Waals surface area contributed by atoms with Gasteiger partial charge in [0.15, 0.2) is 0 Å². The Morgan fingerprint density at radius 2 is 1.80 bits per heavy atom. The summed E-state index contributed by atoms with van der Waals surface area (Å²) in [6.45, 7) is 7.60. The molecule has 0 saturated carbocycles. The van der Waals surface area contributed by atoms with Crippen LogP contribution in [-0.2, 0) is 26.2 Å². The number of hydrogen-bond acceptors (Lipinski definition) is 5. The minimum atomic E-state index is -3.90. The summed E-state index contributed by atoms with van der Waals surface area (Å²) in [5.41, 5.74) is 1.98. The number of aryl methyl sites for hydroxylation is 1. The largest absolute Gasteiger partial charge is 0.495 e. The fraction of sp³-hybridized carbons (Fsp3) is 0.440. The number of rotatable bonds is 11. The molecule has 1 N–H and O–H groups in total. The average Bonchev–Trinajstić information content (AvgIpc) is 2.78. The maximum Gasteiger partial charge on any atom is 0.244 e. The summed E-state index contributed by atoms with van der Waals surface area (Å²) in [7, 11) is -2.49. The van der Waals surface area contributed by atoms with Crippen LogP contribution in [0.1, 0.15) is 31.9 Å². The van der Waals surface area contributed by atoms with Gasteiger partial charge in [-0.3, -0.25) is 13.9 Å². The molecule has 1 atom stereocenters. The van der Waals surface area contributed by atoms with Crippen LogP contribution in [0, 0.1) is 12.8 Å². The highest BCUT2D eigenvalue weighted by Crippen LogP contribution is 2.33. The monoisotopic (exact) mass is 523 g/mol. The summed E-state index contributed by atoms with van der Waals surface area (Å²) in [5, 5.41) is 3.14. The lowest BCUT2D eigenvalue weighted by Gasteiger charge is -2.32. The van der Waals surface area contributed by atoms with Crippen molar-refractivity contribution in [3.8, 4) is 5.75 Å². The first-order valence-corrected chi connectivity index (χ1v) is 13.5. The summed E-state index contributed by atoms with van der Waals surface area (Å²) in [4.78, 5) is 27.9.